The van der Waals surface area contributed by atoms with E-state index in [-0.39, 0.29) is 0 Å². The second-order valence-corrected chi connectivity index (χ2v) is 5.67. The summed E-state index contributed by atoms with van der Waals surface area (Å²) in [6.45, 7) is 8.97. The van der Waals surface area contributed by atoms with Crippen molar-refractivity contribution in [1.29, 1.82) is 0 Å². The predicted octanol–water partition coefficient (Wildman–Crippen LogP) is 1.63. The van der Waals surface area contributed by atoms with Crippen molar-refractivity contribution in [3.8, 4) is 5.88 Å². The fraction of sp³-hybridized carbons (Fsp3) is 0.647. The van der Waals surface area contributed by atoms with Gasteiger partial charge in [-0.25, -0.2) is 9.98 Å². The Kier molecular flexibility index (Phi) is 7.13. The molecule has 1 aromatic rings. The van der Waals surface area contributed by atoms with E-state index in [1.807, 2.05) is 12.1 Å². The Bertz CT molecular complexity index is 506. The lowest BCUT2D eigenvalue weighted by atomic mass is 10.2. The number of methoxy groups -OCH3 is 1. The van der Waals surface area contributed by atoms with E-state index in [4.69, 9.17) is 4.74 Å². The average molecular weight is 319 g/mol. The maximum atomic E-state index is 5.28. The molecule has 2 rings (SSSR count). The summed E-state index contributed by atoms with van der Waals surface area (Å²) in [5.74, 6) is 1.49. The molecule has 0 saturated carbocycles. The molecule has 0 bridgehead atoms. The molecule has 6 nitrogen and oxygen atoms in total. The van der Waals surface area contributed by atoms with E-state index in [0.717, 1.165) is 31.2 Å². The van der Waals surface area contributed by atoms with Gasteiger partial charge in [-0.1, -0.05) is 13.0 Å². The highest BCUT2D eigenvalue weighted by molar-refractivity contribution is 5.79. The zero-order valence-electron chi connectivity index (χ0n) is 14.5. The van der Waals surface area contributed by atoms with Crippen molar-refractivity contribution in [2.24, 2.45) is 4.99 Å². The average Bonchev–Trinajstić information content (AvgIpc) is 3.05. The number of aliphatic imine (C=N–C) groups is 1. The summed E-state index contributed by atoms with van der Waals surface area (Å²) in [7, 11) is 1.64. The summed E-state index contributed by atoms with van der Waals surface area (Å²) in [5, 5.41) is 6.78. The Labute approximate surface area is 139 Å². The third-order valence-corrected chi connectivity index (χ3v) is 4.21. The van der Waals surface area contributed by atoms with Gasteiger partial charge >= 0.3 is 0 Å². The number of likely N-dealkylation sites (tertiary alicyclic amines) is 1. The SMILES string of the molecule is CCNC(=NCc1cccnc1OC)NCC1CCCN1CC. The molecule has 1 aliphatic heterocycles. The molecule has 6 heteroatoms. The maximum Gasteiger partial charge on any atom is 0.218 e. The molecule has 0 radical (unpaired) electrons. The van der Waals surface area contributed by atoms with Gasteiger partial charge in [0.1, 0.15) is 0 Å². The number of ether oxygens (including phenoxy) is 1. The fourth-order valence-electron chi connectivity index (χ4n) is 2.99. The minimum absolute atomic E-state index is 0.550. The molecular weight excluding hydrogens is 290 g/mol. The van der Waals surface area contributed by atoms with Crippen molar-refractivity contribution in [3.63, 3.8) is 0 Å². The molecule has 128 valence electrons. The van der Waals surface area contributed by atoms with Crippen molar-refractivity contribution in [2.45, 2.75) is 39.3 Å². The predicted molar refractivity (Wildman–Crippen MR) is 93.9 cm³/mol. The number of nitrogens with zero attached hydrogens (tertiary/aromatic N) is 3. The first-order valence-electron chi connectivity index (χ1n) is 8.52. The first-order valence-corrected chi connectivity index (χ1v) is 8.52. The zero-order valence-corrected chi connectivity index (χ0v) is 14.5. The lowest BCUT2D eigenvalue weighted by Gasteiger charge is -2.24. The molecule has 0 aromatic carbocycles. The molecule has 1 aliphatic rings. The van der Waals surface area contributed by atoms with Gasteiger partial charge in [-0.05, 0) is 38.9 Å². The van der Waals surface area contributed by atoms with Gasteiger partial charge in [0, 0.05) is 30.9 Å². The Morgan fingerprint density at radius 1 is 1.43 bits per heavy atom. The third kappa shape index (κ3) is 5.10. The summed E-state index contributed by atoms with van der Waals surface area (Å²) in [6.07, 6.45) is 4.28. The lowest BCUT2D eigenvalue weighted by molar-refractivity contribution is 0.267. The number of aromatic nitrogens is 1. The summed E-state index contributed by atoms with van der Waals surface area (Å²) >= 11 is 0. The van der Waals surface area contributed by atoms with Gasteiger partial charge in [0.25, 0.3) is 0 Å². The highest BCUT2D eigenvalue weighted by atomic mass is 16.5. The van der Waals surface area contributed by atoms with E-state index in [2.05, 4.69) is 39.4 Å². The van der Waals surface area contributed by atoms with E-state index < -0.39 is 0 Å². The van der Waals surface area contributed by atoms with Gasteiger partial charge in [0.15, 0.2) is 5.96 Å². The van der Waals surface area contributed by atoms with E-state index in [1.54, 1.807) is 13.3 Å². The molecule has 0 spiro atoms. The van der Waals surface area contributed by atoms with Crippen LogP contribution in [0, 0.1) is 0 Å². The van der Waals surface area contributed by atoms with E-state index in [1.165, 1.54) is 19.4 Å². The van der Waals surface area contributed by atoms with Crippen molar-refractivity contribution < 1.29 is 4.74 Å². The third-order valence-electron chi connectivity index (χ3n) is 4.21. The molecule has 1 fully saturated rings. The number of rotatable bonds is 7. The minimum Gasteiger partial charge on any atom is -0.481 e. The van der Waals surface area contributed by atoms with Gasteiger partial charge in [-0.3, -0.25) is 4.90 Å². The molecule has 1 unspecified atom stereocenters. The van der Waals surface area contributed by atoms with Crippen LogP contribution in [0.15, 0.2) is 23.3 Å². The molecule has 0 aliphatic carbocycles. The van der Waals surface area contributed by atoms with Crippen LogP contribution in [-0.2, 0) is 6.54 Å². The van der Waals surface area contributed by atoms with Gasteiger partial charge < -0.3 is 15.4 Å². The molecule has 1 atom stereocenters. The summed E-state index contributed by atoms with van der Waals surface area (Å²) in [6, 6.07) is 4.51. The highest BCUT2D eigenvalue weighted by Gasteiger charge is 2.22. The number of pyridine rings is 1. The van der Waals surface area contributed by atoms with Crippen molar-refractivity contribution in [2.75, 3.05) is 33.3 Å². The quantitative estimate of drug-likeness (QED) is 0.591. The lowest BCUT2D eigenvalue weighted by Crippen LogP contribution is -2.44. The number of likely N-dealkylation sites (N-methyl/N-ethyl adjacent to an activating group) is 1. The van der Waals surface area contributed by atoms with Crippen molar-refractivity contribution in [3.05, 3.63) is 23.9 Å². The Hall–Kier alpha value is -1.82. The van der Waals surface area contributed by atoms with Crippen LogP contribution in [-0.4, -0.2) is 55.2 Å². The van der Waals surface area contributed by atoms with E-state index in [9.17, 15) is 0 Å². The van der Waals surface area contributed by atoms with E-state index in [0.29, 0.717) is 18.5 Å². The second-order valence-electron chi connectivity index (χ2n) is 5.67. The second kappa shape index (κ2) is 9.35. The number of hydrogen-bond donors (Lipinski definition) is 2. The van der Waals surface area contributed by atoms with Crippen molar-refractivity contribution in [1.82, 2.24) is 20.5 Å². The van der Waals surface area contributed by atoms with Crippen LogP contribution in [0.2, 0.25) is 0 Å². The smallest absolute Gasteiger partial charge is 0.218 e. The normalized spacial score (nSPS) is 18.9. The molecule has 1 saturated heterocycles. The van der Waals surface area contributed by atoms with Gasteiger partial charge in [-0.15, -0.1) is 0 Å². The van der Waals surface area contributed by atoms with Crippen LogP contribution < -0.4 is 15.4 Å². The highest BCUT2D eigenvalue weighted by Crippen LogP contribution is 2.16. The van der Waals surface area contributed by atoms with Crippen LogP contribution in [0.5, 0.6) is 5.88 Å². The minimum atomic E-state index is 0.550. The van der Waals surface area contributed by atoms with Crippen molar-refractivity contribution >= 4 is 5.96 Å². The fourth-order valence-corrected chi connectivity index (χ4v) is 2.99. The Balaban J connectivity index is 1.94. The largest absolute Gasteiger partial charge is 0.481 e. The molecule has 2 N–H and O–H groups in total. The molecule has 23 heavy (non-hydrogen) atoms. The van der Waals surface area contributed by atoms with Gasteiger partial charge in [-0.2, -0.15) is 0 Å². The van der Waals surface area contributed by atoms with Crippen LogP contribution in [0.4, 0.5) is 0 Å². The van der Waals surface area contributed by atoms with Crippen LogP contribution in [0.3, 0.4) is 0 Å². The number of guanidine groups is 1. The van der Waals surface area contributed by atoms with Crippen LogP contribution in [0.1, 0.15) is 32.3 Å². The van der Waals surface area contributed by atoms with Crippen LogP contribution in [0.25, 0.3) is 0 Å². The van der Waals surface area contributed by atoms with Crippen LogP contribution >= 0.6 is 0 Å². The van der Waals surface area contributed by atoms with E-state index >= 15 is 0 Å². The standard InChI is InChI=1S/C17H29N5O/c1-4-18-17(21-13-15-9-7-11-22(15)5-2)20-12-14-8-6-10-19-16(14)23-3/h6,8,10,15H,4-5,7,9,11-13H2,1-3H3,(H2,18,20,21). The summed E-state index contributed by atoms with van der Waals surface area (Å²) in [4.78, 5) is 11.4. The van der Waals surface area contributed by atoms with Gasteiger partial charge in [0.05, 0.1) is 13.7 Å². The Morgan fingerprint density at radius 2 is 2.30 bits per heavy atom. The molecule has 1 aromatic heterocycles. The maximum absolute atomic E-state index is 5.28. The Morgan fingerprint density at radius 3 is 3.04 bits per heavy atom. The zero-order chi connectivity index (χ0) is 16.5. The number of hydrogen-bond acceptors (Lipinski definition) is 4. The first-order chi connectivity index (χ1) is 11.3. The van der Waals surface area contributed by atoms with Gasteiger partial charge in [0.2, 0.25) is 5.88 Å². The summed E-state index contributed by atoms with van der Waals surface area (Å²) < 4.78 is 5.28. The molecule has 2 heterocycles. The first kappa shape index (κ1) is 17.5. The monoisotopic (exact) mass is 319 g/mol. The summed E-state index contributed by atoms with van der Waals surface area (Å²) in [5.41, 5.74) is 0.989. The molecule has 0 amide bonds. The molecular formula is C17H29N5O. The number of nitrogens with one attached hydrogen (secondary N) is 2. The topological polar surface area (TPSA) is 61.8 Å².